The summed E-state index contributed by atoms with van der Waals surface area (Å²) in [6, 6.07) is 9.52. The van der Waals surface area contributed by atoms with Crippen LogP contribution < -0.4 is 14.2 Å². The highest BCUT2D eigenvalue weighted by atomic mass is 35.5. The molecule has 0 aliphatic carbocycles. The normalized spacial score (nSPS) is 25.4. The molecular weight excluding hydrogens is 414 g/mol. The summed E-state index contributed by atoms with van der Waals surface area (Å²) in [5.74, 6) is 1.02. The molecule has 2 aliphatic heterocycles. The van der Waals surface area contributed by atoms with Crippen molar-refractivity contribution in [1.29, 1.82) is 0 Å². The van der Waals surface area contributed by atoms with Gasteiger partial charge in [-0.1, -0.05) is 23.7 Å². The third-order valence-corrected chi connectivity index (χ3v) is 5.40. The van der Waals surface area contributed by atoms with Crippen molar-refractivity contribution in [3.8, 4) is 17.6 Å². The van der Waals surface area contributed by atoms with Gasteiger partial charge >= 0.3 is 0 Å². The quantitative estimate of drug-likeness (QED) is 0.608. The van der Waals surface area contributed by atoms with Crippen LogP contribution in [0.5, 0.6) is 17.6 Å². The Labute approximate surface area is 176 Å². The van der Waals surface area contributed by atoms with Crippen LogP contribution in [0.1, 0.15) is 5.56 Å². The second kappa shape index (κ2) is 7.92. The average Bonchev–Trinajstić information content (AvgIpc) is 3.43. The first-order valence-corrected chi connectivity index (χ1v) is 9.88. The van der Waals surface area contributed by atoms with Gasteiger partial charge in [-0.05, 0) is 23.8 Å². The molecule has 2 fully saturated rings. The van der Waals surface area contributed by atoms with Gasteiger partial charge in [0.2, 0.25) is 5.88 Å². The van der Waals surface area contributed by atoms with E-state index in [2.05, 4.69) is 15.0 Å². The fraction of sp³-hybridized carbons (Fsp3) is 0.400. The molecule has 0 radical (unpaired) electrons. The topological polar surface area (TPSA) is 108 Å². The van der Waals surface area contributed by atoms with E-state index in [0.29, 0.717) is 22.8 Å². The van der Waals surface area contributed by atoms with Crippen LogP contribution in [0, 0.1) is 0 Å². The summed E-state index contributed by atoms with van der Waals surface area (Å²) in [4.78, 5) is 11.8. The number of hydrogen-bond acceptors (Lipinski definition) is 8. The molecule has 2 aromatic heterocycles. The zero-order valence-electron chi connectivity index (χ0n) is 16.1. The number of imidazole rings is 1. The molecule has 1 aromatic carbocycles. The van der Waals surface area contributed by atoms with Crippen LogP contribution in [0.25, 0.3) is 11.2 Å². The number of aromatic nitrogens is 3. The van der Waals surface area contributed by atoms with E-state index in [9.17, 15) is 5.11 Å². The number of nitrogens with zero attached hydrogens (tertiary/aromatic N) is 2. The molecule has 3 aromatic rings. The summed E-state index contributed by atoms with van der Waals surface area (Å²) in [5, 5.41) is 10.2. The van der Waals surface area contributed by atoms with E-state index in [4.69, 9.17) is 35.3 Å². The van der Waals surface area contributed by atoms with Gasteiger partial charge in [-0.25, -0.2) is 0 Å². The number of nitrogens with one attached hydrogen (secondary N) is 1. The van der Waals surface area contributed by atoms with Crippen LogP contribution in [0.15, 0.2) is 30.3 Å². The van der Waals surface area contributed by atoms with Gasteiger partial charge in [0.1, 0.15) is 35.7 Å². The molecule has 5 rings (SSSR count). The fourth-order valence-corrected chi connectivity index (χ4v) is 3.84. The van der Waals surface area contributed by atoms with E-state index in [1.165, 1.54) is 0 Å². The summed E-state index contributed by atoms with van der Waals surface area (Å²) >= 11 is 6.33. The molecule has 0 amide bonds. The molecule has 2 N–H and O–H groups in total. The standard InChI is InChI=1S/C20H20ClN3O6/c1-26-11-4-2-3-10(5-11)7-29-19-12(21)6-13-18(23-19)24-20(22-13)30-15-9-28-16-14(25)8-27-17(15)16/h2-6,14-17,25H,7-9H2,1H3,(H,22,23,24)/t14-,15-,16-,17-/m1/s1. The molecule has 4 heterocycles. The lowest BCUT2D eigenvalue weighted by Gasteiger charge is -2.15. The first-order valence-electron chi connectivity index (χ1n) is 9.50. The van der Waals surface area contributed by atoms with Crippen molar-refractivity contribution >= 4 is 22.8 Å². The molecule has 2 saturated heterocycles. The molecule has 0 unspecified atom stereocenters. The zero-order chi connectivity index (χ0) is 20.7. The maximum Gasteiger partial charge on any atom is 0.296 e. The number of H-pyrrole nitrogens is 1. The molecule has 2 aliphatic rings. The highest BCUT2D eigenvalue weighted by molar-refractivity contribution is 6.32. The number of pyridine rings is 1. The van der Waals surface area contributed by atoms with Gasteiger partial charge in [0, 0.05) is 0 Å². The minimum Gasteiger partial charge on any atom is -0.497 e. The largest absolute Gasteiger partial charge is 0.497 e. The summed E-state index contributed by atoms with van der Waals surface area (Å²) < 4.78 is 28.0. The molecule has 9 nitrogen and oxygen atoms in total. The number of benzene rings is 1. The minimum absolute atomic E-state index is 0.237. The number of aromatic amines is 1. The molecule has 0 bridgehead atoms. The van der Waals surface area contributed by atoms with Crippen molar-refractivity contribution in [1.82, 2.24) is 15.0 Å². The third kappa shape index (κ3) is 3.65. The first kappa shape index (κ1) is 19.4. The number of ether oxygens (including phenoxy) is 5. The monoisotopic (exact) mass is 433 g/mol. The van der Waals surface area contributed by atoms with E-state index in [0.717, 1.165) is 11.3 Å². The Bertz CT molecular complexity index is 1060. The van der Waals surface area contributed by atoms with Crippen LogP contribution in [-0.2, 0) is 16.1 Å². The van der Waals surface area contributed by atoms with Crippen molar-refractivity contribution in [3.05, 3.63) is 40.9 Å². The second-order valence-electron chi connectivity index (χ2n) is 7.15. The SMILES string of the molecule is COc1cccc(COc2nc3nc(O[C@@H]4CO[C@H]5[C@@H]4OC[C@H]5O)[nH]c3cc2Cl)c1. The van der Waals surface area contributed by atoms with Gasteiger partial charge in [-0.15, -0.1) is 0 Å². The molecular formula is C20H20ClN3O6. The van der Waals surface area contributed by atoms with Crippen LogP contribution in [-0.4, -0.2) is 64.8 Å². The third-order valence-electron chi connectivity index (χ3n) is 5.13. The molecule has 10 heteroatoms. The number of methoxy groups -OCH3 is 1. The Morgan fingerprint density at radius 3 is 2.93 bits per heavy atom. The smallest absolute Gasteiger partial charge is 0.296 e. The fourth-order valence-electron chi connectivity index (χ4n) is 3.64. The van der Waals surface area contributed by atoms with Crippen LogP contribution in [0.2, 0.25) is 5.02 Å². The number of hydrogen-bond donors (Lipinski definition) is 2. The second-order valence-corrected chi connectivity index (χ2v) is 7.56. The van der Waals surface area contributed by atoms with E-state index < -0.39 is 6.10 Å². The predicted octanol–water partition coefficient (Wildman–Crippen LogP) is 2.10. The van der Waals surface area contributed by atoms with Crippen molar-refractivity contribution in [3.63, 3.8) is 0 Å². The zero-order valence-corrected chi connectivity index (χ0v) is 16.8. The lowest BCUT2D eigenvalue weighted by atomic mass is 10.1. The van der Waals surface area contributed by atoms with Crippen LogP contribution >= 0.6 is 11.6 Å². The lowest BCUT2D eigenvalue weighted by molar-refractivity contribution is 0.00706. The number of aliphatic hydroxyl groups excluding tert-OH is 1. The van der Waals surface area contributed by atoms with Crippen molar-refractivity contribution < 1.29 is 28.8 Å². The highest BCUT2D eigenvalue weighted by Gasteiger charge is 2.48. The maximum atomic E-state index is 9.85. The minimum atomic E-state index is -0.635. The van der Waals surface area contributed by atoms with Crippen LogP contribution in [0.3, 0.4) is 0 Å². The maximum absolute atomic E-state index is 9.85. The number of aliphatic hydroxyl groups is 1. The lowest BCUT2D eigenvalue weighted by Crippen LogP contribution is -2.34. The van der Waals surface area contributed by atoms with Crippen molar-refractivity contribution in [2.24, 2.45) is 0 Å². The van der Waals surface area contributed by atoms with Crippen molar-refractivity contribution in [2.45, 2.75) is 31.0 Å². The van der Waals surface area contributed by atoms with E-state index in [1.807, 2.05) is 24.3 Å². The number of rotatable bonds is 6. The van der Waals surface area contributed by atoms with Crippen molar-refractivity contribution in [2.75, 3.05) is 20.3 Å². The Balaban J connectivity index is 1.30. The van der Waals surface area contributed by atoms with Gasteiger partial charge in [0.05, 0.1) is 25.8 Å². The van der Waals surface area contributed by atoms with E-state index in [1.54, 1.807) is 13.2 Å². The van der Waals surface area contributed by atoms with E-state index >= 15 is 0 Å². The van der Waals surface area contributed by atoms with Gasteiger partial charge in [0.15, 0.2) is 11.8 Å². The van der Waals surface area contributed by atoms with Gasteiger partial charge in [0.25, 0.3) is 6.01 Å². The summed E-state index contributed by atoms with van der Waals surface area (Å²) in [6.45, 7) is 0.832. The summed E-state index contributed by atoms with van der Waals surface area (Å²) in [5.41, 5.74) is 1.96. The molecule has 0 spiro atoms. The highest BCUT2D eigenvalue weighted by Crippen LogP contribution is 2.31. The molecule has 0 saturated carbocycles. The first-order chi connectivity index (χ1) is 14.6. The van der Waals surface area contributed by atoms with Crippen LogP contribution in [0.4, 0.5) is 0 Å². The summed E-state index contributed by atoms with van der Waals surface area (Å²) in [6.07, 6.45) is -1.70. The number of halogens is 1. The molecule has 158 valence electrons. The number of fused-ring (bicyclic) bond motifs is 2. The Morgan fingerprint density at radius 2 is 2.07 bits per heavy atom. The summed E-state index contributed by atoms with van der Waals surface area (Å²) in [7, 11) is 1.61. The Morgan fingerprint density at radius 1 is 1.20 bits per heavy atom. The Kier molecular flexibility index (Phi) is 5.11. The molecule has 4 atom stereocenters. The Hall–Kier alpha value is -2.59. The van der Waals surface area contributed by atoms with Gasteiger partial charge in [-0.2, -0.15) is 9.97 Å². The van der Waals surface area contributed by atoms with Gasteiger partial charge in [-0.3, -0.25) is 0 Å². The average molecular weight is 434 g/mol. The predicted molar refractivity (Wildman–Crippen MR) is 106 cm³/mol. The van der Waals surface area contributed by atoms with Gasteiger partial charge < -0.3 is 33.8 Å². The van der Waals surface area contributed by atoms with E-state index in [-0.39, 0.29) is 43.4 Å². The molecule has 30 heavy (non-hydrogen) atoms.